The molecule has 0 fully saturated rings. The van der Waals surface area contributed by atoms with E-state index >= 15 is 0 Å². The van der Waals surface area contributed by atoms with Crippen LogP contribution in [-0.2, 0) is 0 Å². The Bertz CT molecular complexity index is 2780. The third-order valence-electron chi connectivity index (χ3n) is 10.2. The van der Waals surface area contributed by atoms with Crippen molar-refractivity contribution < 1.29 is 8.83 Å². The van der Waals surface area contributed by atoms with Gasteiger partial charge >= 0.3 is 0 Å². The fraction of sp³-hybridized carbons (Fsp3) is 0.0417. The van der Waals surface area contributed by atoms with E-state index < -0.39 is 0 Å². The summed E-state index contributed by atoms with van der Waals surface area (Å²) < 4.78 is 12.2. The van der Waals surface area contributed by atoms with E-state index in [4.69, 9.17) is 8.83 Å². The van der Waals surface area contributed by atoms with Crippen LogP contribution >= 0.6 is 0 Å². The Morgan fingerprint density at radius 3 is 1.80 bits per heavy atom. The molecular formula is C48H33NO2. The average Bonchev–Trinajstić information content (AvgIpc) is 3.77. The second-order valence-corrected chi connectivity index (χ2v) is 13.3. The Morgan fingerprint density at radius 2 is 1.08 bits per heavy atom. The summed E-state index contributed by atoms with van der Waals surface area (Å²) in [4.78, 5) is 2.40. The first-order chi connectivity index (χ1) is 25.3. The second-order valence-electron chi connectivity index (χ2n) is 13.3. The first-order valence-electron chi connectivity index (χ1n) is 17.5. The van der Waals surface area contributed by atoms with Crippen molar-refractivity contribution in [2.75, 3.05) is 4.90 Å². The Kier molecular flexibility index (Phi) is 6.95. The molecule has 7 aromatic carbocycles. The summed E-state index contributed by atoms with van der Waals surface area (Å²) in [7, 11) is 0. The quantitative estimate of drug-likeness (QED) is 0.179. The van der Waals surface area contributed by atoms with Crippen molar-refractivity contribution in [3.63, 3.8) is 0 Å². The van der Waals surface area contributed by atoms with Crippen LogP contribution in [0.2, 0.25) is 0 Å². The second kappa shape index (κ2) is 12.1. The lowest BCUT2D eigenvalue weighted by Crippen LogP contribution is -2.18. The Labute approximate surface area is 296 Å². The molecule has 0 N–H and O–H groups in total. The summed E-state index contributed by atoms with van der Waals surface area (Å²) in [6.45, 7) is 0. The minimum Gasteiger partial charge on any atom is -0.456 e. The van der Waals surface area contributed by atoms with Crippen molar-refractivity contribution in [2.24, 2.45) is 0 Å². The third-order valence-corrected chi connectivity index (χ3v) is 10.2. The number of rotatable bonds is 6. The van der Waals surface area contributed by atoms with E-state index in [1.807, 2.05) is 24.3 Å². The number of hydrogen-bond acceptors (Lipinski definition) is 3. The van der Waals surface area contributed by atoms with Crippen molar-refractivity contribution in [3.05, 3.63) is 193 Å². The van der Waals surface area contributed by atoms with Gasteiger partial charge in [0.1, 0.15) is 22.3 Å². The maximum atomic E-state index is 6.12. The van der Waals surface area contributed by atoms with Crippen molar-refractivity contribution in [2.45, 2.75) is 12.3 Å². The van der Waals surface area contributed by atoms with Crippen LogP contribution in [0.15, 0.2) is 197 Å². The van der Waals surface area contributed by atoms with Crippen LogP contribution in [0.25, 0.3) is 66.1 Å². The van der Waals surface area contributed by atoms with Gasteiger partial charge in [-0.1, -0.05) is 121 Å². The van der Waals surface area contributed by atoms with E-state index in [1.165, 1.54) is 27.6 Å². The molecule has 0 spiro atoms. The lowest BCUT2D eigenvalue weighted by atomic mass is 9.90. The normalized spacial score (nSPS) is 14.4. The van der Waals surface area contributed by atoms with Crippen LogP contribution in [0.4, 0.5) is 11.4 Å². The molecule has 2 heterocycles. The van der Waals surface area contributed by atoms with E-state index in [0.717, 1.165) is 67.5 Å². The number of allylic oxidation sites excluding steroid dienone is 3. The molecule has 10 rings (SSSR count). The molecule has 1 aliphatic carbocycles. The number of fused-ring (bicyclic) bond motifs is 6. The molecule has 1 aliphatic rings. The molecule has 3 nitrogen and oxygen atoms in total. The molecule has 0 saturated heterocycles. The molecule has 0 radical (unpaired) electrons. The summed E-state index contributed by atoms with van der Waals surface area (Å²) >= 11 is 0. The van der Waals surface area contributed by atoms with Gasteiger partial charge in [0.15, 0.2) is 0 Å². The SMILES string of the molecule is C1=CC(c2ccc3oc4ccccc4c3c2)CC=C1N(c1ccc(-c2ccc3oc4ccccc4c3c2)cc1)c1ccccc1-c1ccccc1. The summed E-state index contributed by atoms with van der Waals surface area (Å²) in [5.41, 5.74) is 13.1. The average molecular weight is 656 g/mol. The lowest BCUT2D eigenvalue weighted by Gasteiger charge is -2.31. The third kappa shape index (κ3) is 5.14. The fourth-order valence-electron chi connectivity index (χ4n) is 7.66. The molecule has 0 saturated carbocycles. The summed E-state index contributed by atoms with van der Waals surface area (Å²) in [6.07, 6.45) is 7.93. The molecule has 0 aliphatic heterocycles. The fourth-order valence-corrected chi connectivity index (χ4v) is 7.66. The molecule has 0 amide bonds. The van der Waals surface area contributed by atoms with Gasteiger partial charge in [0.25, 0.3) is 0 Å². The van der Waals surface area contributed by atoms with Crippen molar-refractivity contribution in [1.82, 2.24) is 0 Å². The molecule has 1 atom stereocenters. The smallest absolute Gasteiger partial charge is 0.135 e. The molecule has 242 valence electrons. The van der Waals surface area contributed by atoms with Crippen LogP contribution in [0.1, 0.15) is 17.9 Å². The van der Waals surface area contributed by atoms with E-state index in [-0.39, 0.29) is 5.92 Å². The van der Waals surface area contributed by atoms with E-state index in [9.17, 15) is 0 Å². The van der Waals surface area contributed by atoms with Gasteiger partial charge in [-0.25, -0.2) is 0 Å². The number of anilines is 2. The van der Waals surface area contributed by atoms with Crippen molar-refractivity contribution >= 4 is 55.3 Å². The molecular weight excluding hydrogens is 623 g/mol. The highest BCUT2D eigenvalue weighted by molar-refractivity contribution is 6.06. The van der Waals surface area contributed by atoms with Gasteiger partial charge in [-0.15, -0.1) is 0 Å². The summed E-state index contributed by atoms with van der Waals surface area (Å²) in [6, 6.07) is 58.0. The number of hydrogen-bond donors (Lipinski definition) is 0. The van der Waals surface area contributed by atoms with Gasteiger partial charge in [0.2, 0.25) is 0 Å². The van der Waals surface area contributed by atoms with Crippen LogP contribution in [0.3, 0.4) is 0 Å². The Morgan fingerprint density at radius 1 is 0.471 bits per heavy atom. The minimum absolute atomic E-state index is 0.273. The van der Waals surface area contributed by atoms with E-state index in [1.54, 1.807) is 0 Å². The topological polar surface area (TPSA) is 29.5 Å². The molecule has 0 bridgehead atoms. The van der Waals surface area contributed by atoms with Crippen LogP contribution in [0, 0.1) is 0 Å². The van der Waals surface area contributed by atoms with Crippen LogP contribution in [-0.4, -0.2) is 0 Å². The van der Waals surface area contributed by atoms with Gasteiger partial charge in [0.05, 0.1) is 5.69 Å². The Hall–Kier alpha value is -6.58. The molecule has 1 unspecified atom stereocenters. The zero-order valence-corrected chi connectivity index (χ0v) is 27.9. The molecule has 51 heavy (non-hydrogen) atoms. The molecule has 2 aromatic heterocycles. The summed E-state index contributed by atoms with van der Waals surface area (Å²) in [5, 5.41) is 4.61. The van der Waals surface area contributed by atoms with Gasteiger partial charge in [0, 0.05) is 44.4 Å². The standard InChI is InChI=1S/C48H33NO2/c1-2-10-34(11-3-1)39-12-4-7-15-44(39)49(37-24-18-32(19-25-37)35-22-28-47-42(30-35)40-13-5-8-16-45(40)50-47)38-26-20-33(21-27-38)36-23-29-48-43(31-36)41-14-6-9-17-46(41)51-48/h1-20,22-31,33H,21H2. The highest BCUT2D eigenvalue weighted by Crippen LogP contribution is 2.42. The lowest BCUT2D eigenvalue weighted by molar-refractivity contribution is 0.668. The van der Waals surface area contributed by atoms with Crippen molar-refractivity contribution in [3.8, 4) is 22.3 Å². The first-order valence-corrected chi connectivity index (χ1v) is 17.5. The number of nitrogens with zero attached hydrogens (tertiary/aromatic N) is 1. The monoisotopic (exact) mass is 655 g/mol. The maximum Gasteiger partial charge on any atom is 0.135 e. The predicted octanol–water partition coefficient (Wildman–Crippen LogP) is 13.6. The highest BCUT2D eigenvalue weighted by atomic mass is 16.3. The zero-order valence-electron chi connectivity index (χ0n) is 27.9. The molecule has 3 heteroatoms. The van der Waals surface area contributed by atoms with E-state index in [2.05, 4.69) is 163 Å². The van der Waals surface area contributed by atoms with Gasteiger partial charge < -0.3 is 13.7 Å². The van der Waals surface area contributed by atoms with Crippen LogP contribution in [0.5, 0.6) is 0 Å². The number of para-hydroxylation sites is 3. The maximum absolute atomic E-state index is 6.12. The number of furan rings is 2. The summed E-state index contributed by atoms with van der Waals surface area (Å²) in [5.74, 6) is 0.273. The van der Waals surface area contributed by atoms with Gasteiger partial charge in [-0.05, 0) is 89.3 Å². The highest BCUT2D eigenvalue weighted by Gasteiger charge is 2.22. The zero-order chi connectivity index (χ0) is 33.7. The minimum atomic E-state index is 0.273. The molecule has 9 aromatic rings. The predicted molar refractivity (Wildman–Crippen MR) is 211 cm³/mol. The first kappa shape index (κ1) is 29.3. The van der Waals surface area contributed by atoms with Gasteiger partial charge in [-0.3, -0.25) is 0 Å². The van der Waals surface area contributed by atoms with E-state index in [0.29, 0.717) is 0 Å². The van der Waals surface area contributed by atoms with Gasteiger partial charge in [-0.2, -0.15) is 0 Å². The number of benzene rings is 7. The Balaban J connectivity index is 1.03. The van der Waals surface area contributed by atoms with Crippen LogP contribution < -0.4 is 4.90 Å². The largest absolute Gasteiger partial charge is 0.456 e. The van der Waals surface area contributed by atoms with Crippen molar-refractivity contribution in [1.29, 1.82) is 0 Å².